The van der Waals surface area contributed by atoms with Gasteiger partial charge in [-0.05, 0) is 41.1 Å². The van der Waals surface area contributed by atoms with Crippen molar-refractivity contribution in [1.29, 1.82) is 0 Å². The average Bonchev–Trinajstić information content (AvgIpc) is 1.82. The number of halogens is 1. The van der Waals surface area contributed by atoms with Crippen molar-refractivity contribution in [2.45, 2.75) is 11.8 Å². The molecule has 1 N–H and O–H groups in total. The fourth-order valence-electron chi connectivity index (χ4n) is 0.943. The second kappa shape index (κ2) is 3.31. The molecule has 0 atom stereocenters. The maximum atomic E-state index is 10.8. The Kier molecular flexibility index (Phi) is 2.74. The van der Waals surface area contributed by atoms with Gasteiger partial charge in [0.1, 0.15) is 4.90 Å². The SMILES string of the molecule is Cc1cccc(I)c1S(=O)(=O)O. The molecule has 0 bridgehead atoms. The molecule has 1 aromatic carbocycles. The predicted octanol–water partition coefficient (Wildman–Crippen LogP) is 1.85. The van der Waals surface area contributed by atoms with E-state index in [4.69, 9.17) is 4.55 Å². The molecule has 1 rings (SSSR count). The summed E-state index contributed by atoms with van der Waals surface area (Å²) in [5, 5.41) is 0. The van der Waals surface area contributed by atoms with Crippen LogP contribution in [0.5, 0.6) is 0 Å². The lowest BCUT2D eigenvalue weighted by Crippen LogP contribution is -2.03. The zero-order valence-electron chi connectivity index (χ0n) is 6.28. The van der Waals surface area contributed by atoms with Gasteiger partial charge in [0, 0.05) is 3.57 Å². The predicted molar refractivity (Wildman–Crippen MR) is 53.7 cm³/mol. The van der Waals surface area contributed by atoms with Gasteiger partial charge in [-0.25, -0.2) is 0 Å². The highest BCUT2D eigenvalue weighted by atomic mass is 127. The number of rotatable bonds is 1. The molecule has 0 radical (unpaired) electrons. The molecule has 0 aliphatic rings. The Morgan fingerprint density at radius 3 is 2.33 bits per heavy atom. The molecule has 0 aromatic heterocycles. The van der Waals surface area contributed by atoms with Crippen molar-refractivity contribution >= 4 is 32.7 Å². The molecule has 0 spiro atoms. The largest absolute Gasteiger partial charge is 0.295 e. The Morgan fingerprint density at radius 1 is 1.42 bits per heavy atom. The summed E-state index contributed by atoms with van der Waals surface area (Å²) < 4.78 is 31.0. The highest BCUT2D eigenvalue weighted by molar-refractivity contribution is 14.1. The van der Waals surface area contributed by atoms with E-state index in [1.807, 2.05) is 22.6 Å². The van der Waals surface area contributed by atoms with Crippen molar-refractivity contribution in [1.82, 2.24) is 0 Å². The smallest absolute Gasteiger partial charge is 0.282 e. The van der Waals surface area contributed by atoms with Gasteiger partial charge in [0.05, 0.1) is 0 Å². The number of benzene rings is 1. The molecular weight excluding hydrogens is 291 g/mol. The van der Waals surface area contributed by atoms with Crippen molar-refractivity contribution in [2.75, 3.05) is 0 Å². The maximum Gasteiger partial charge on any atom is 0.295 e. The van der Waals surface area contributed by atoms with Crippen LogP contribution in [0.2, 0.25) is 0 Å². The standard InChI is InChI=1S/C7H7IO3S/c1-5-3-2-4-6(8)7(5)12(9,10)11/h2-4H,1H3,(H,9,10,11). The fourth-order valence-corrected chi connectivity index (χ4v) is 3.20. The van der Waals surface area contributed by atoms with Gasteiger partial charge in [0.15, 0.2) is 0 Å². The van der Waals surface area contributed by atoms with Crippen LogP contribution in [0.1, 0.15) is 5.56 Å². The molecule has 66 valence electrons. The summed E-state index contributed by atoms with van der Waals surface area (Å²) in [5.41, 5.74) is 0.560. The van der Waals surface area contributed by atoms with Gasteiger partial charge in [-0.1, -0.05) is 12.1 Å². The summed E-state index contributed by atoms with van der Waals surface area (Å²) in [6.45, 7) is 1.64. The summed E-state index contributed by atoms with van der Waals surface area (Å²) in [6.07, 6.45) is 0. The lowest BCUT2D eigenvalue weighted by Gasteiger charge is -2.03. The van der Waals surface area contributed by atoms with Gasteiger partial charge in [-0.2, -0.15) is 8.42 Å². The van der Waals surface area contributed by atoms with Gasteiger partial charge in [-0.15, -0.1) is 0 Å². The highest BCUT2D eigenvalue weighted by Gasteiger charge is 2.15. The minimum atomic E-state index is -4.07. The van der Waals surface area contributed by atoms with E-state index in [2.05, 4.69) is 0 Å². The zero-order chi connectivity index (χ0) is 9.35. The van der Waals surface area contributed by atoms with Gasteiger partial charge in [0.2, 0.25) is 0 Å². The second-order valence-corrected chi connectivity index (χ2v) is 4.88. The second-order valence-electron chi connectivity index (χ2n) is 2.36. The molecule has 0 unspecified atom stereocenters. The van der Waals surface area contributed by atoms with Gasteiger partial charge in [-0.3, -0.25) is 4.55 Å². The van der Waals surface area contributed by atoms with Crippen LogP contribution < -0.4 is 0 Å². The van der Waals surface area contributed by atoms with E-state index in [1.165, 1.54) is 0 Å². The first-order valence-corrected chi connectivity index (χ1v) is 5.67. The molecule has 0 amide bonds. The minimum absolute atomic E-state index is 0.00519. The maximum absolute atomic E-state index is 10.8. The minimum Gasteiger partial charge on any atom is -0.282 e. The number of hydrogen-bond acceptors (Lipinski definition) is 2. The van der Waals surface area contributed by atoms with Crippen LogP contribution in [0.15, 0.2) is 23.1 Å². The van der Waals surface area contributed by atoms with Crippen molar-refractivity contribution in [3.05, 3.63) is 27.3 Å². The van der Waals surface area contributed by atoms with E-state index < -0.39 is 10.1 Å². The molecular formula is C7H7IO3S. The van der Waals surface area contributed by atoms with Crippen molar-refractivity contribution in [3.63, 3.8) is 0 Å². The average molecular weight is 298 g/mol. The molecule has 0 saturated heterocycles. The van der Waals surface area contributed by atoms with Gasteiger partial charge >= 0.3 is 0 Å². The summed E-state index contributed by atoms with van der Waals surface area (Å²) >= 11 is 1.87. The van der Waals surface area contributed by atoms with Crippen LogP contribution in [0, 0.1) is 10.5 Å². The van der Waals surface area contributed by atoms with Gasteiger partial charge in [0.25, 0.3) is 10.1 Å². The Hall–Kier alpha value is -0.140. The molecule has 0 fully saturated rings. The Balaban J connectivity index is 3.53. The van der Waals surface area contributed by atoms with Crippen LogP contribution in [0.3, 0.4) is 0 Å². The highest BCUT2D eigenvalue weighted by Crippen LogP contribution is 2.21. The van der Waals surface area contributed by atoms with Crippen molar-refractivity contribution in [3.8, 4) is 0 Å². The molecule has 0 saturated carbocycles. The summed E-state index contributed by atoms with van der Waals surface area (Å²) in [5.74, 6) is 0. The van der Waals surface area contributed by atoms with Crippen LogP contribution >= 0.6 is 22.6 Å². The van der Waals surface area contributed by atoms with E-state index in [1.54, 1.807) is 25.1 Å². The Morgan fingerprint density at radius 2 is 2.00 bits per heavy atom. The van der Waals surface area contributed by atoms with Gasteiger partial charge < -0.3 is 0 Å². The normalized spacial score (nSPS) is 11.6. The first-order valence-electron chi connectivity index (χ1n) is 3.15. The van der Waals surface area contributed by atoms with E-state index in [9.17, 15) is 8.42 Å². The molecule has 12 heavy (non-hydrogen) atoms. The van der Waals surface area contributed by atoms with Crippen LogP contribution in [-0.2, 0) is 10.1 Å². The Bertz CT molecular complexity index is 377. The lowest BCUT2D eigenvalue weighted by atomic mass is 10.2. The van der Waals surface area contributed by atoms with Crippen molar-refractivity contribution in [2.24, 2.45) is 0 Å². The summed E-state index contributed by atoms with van der Waals surface area (Å²) in [7, 11) is -4.07. The quantitative estimate of drug-likeness (QED) is 0.636. The third-order valence-electron chi connectivity index (χ3n) is 1.42. The first-order chi connectivity index (χ1) is 5.43. The summed E-state index contributed by atoms with van der Waals surface area (Å²) in [4.78, 5) is 0.00519. The number of hydrogen-bond donors (Lipinski definition) is 1. The lowest BCUT2D eigenvalue weighted by molar-refractivity contribution is 0.482. The van der Waals surface area contributed by atoms with E-state index in [-0.39, 0.29) is 4.90 Å². The van der Waals surface area contributed by atoms with Crippen LogP contribution in [-0.4, -0.2) is 13.0 Å². The van der Waals surface area contributed by atoms with E-state index in [0.29, 0.717) is 9.13 Å². The molecule has 5 heteroatoms. The number of aryl methyl sites for hydroxylation is 1. The molecule has 0 aliphatic heterocycles. The summed E-state index contributed by atoms with van der Waals surface area (Å²) in [6, 6.07) is 5.02. The van der Waals surface area contributed by atoms with Crippen LogP contribution in [0.25, 0.3) is 0 Å². The topological polar surface area (TPSA) is 54.4 Å². The van der Waals surface area contributed by atoms with Crippen molar-refractivity contribution < 1.29 is 13.0 Å². The monoisotopic (exact) mass is 298 g/mol. The van der Waals surface area contributed by atoms with E-state index in [0.717, 1.165) is 0 Å². The first kappa shape index (κ1) is 9.94. The third kappa shape index (κ3) is 1.96. The third-order valence-corrected chi connectivity index (χ3v) is 3.74. The molecule has 0 heterocycles. The fraction of sp³-hybridized carbons (Fsp3) is 0.143. The molecule has 0 aliphatic carbocycles. The molecule has 1 aromatic rings. The Labute approximate surface area is 84.7 Å². The van der Waals surface area contributed by atoms with E-state index >= 15 is 0 Å². The van der Waals surface area contributed by atoms with Crippen LogP contribution in [0.4, 0.5) is 0 Å². The molecule has 3 nitrogen and oxygen atoms in total. The zero-order valence-corrected chi connectivity index (χ0v) is 9.26.